The number of nitrogens with one attached hydrogen (secondary N) is 2. The molecule has 1 aliphatic rings. The maximum Gasteiger partial charge on any atom is 0.242 e. The molecular formula is C18H25N3O5. The molecule has 8 nitrogen and oxygen atoms in total. The van der Waals surface area contributed by atoms with Crippen LogP contribution in [0.15, 0.2) is 24.3 Å². The topological polar surface area (TPSA) is 108 Å². The number of hydrogen-bond donors (Lipinski definition) is 3. The van der Waals surface area contributed by atoms with E-state index in [0.29, 0.717) is 11.4 Å². The van der Waals surface area contributed by atoms with E-state index in [0.717, 1.165) is 0 Å². The fourth-order valence-corrected chi connectivity index (χ4v) is 2.71. The van der Waals surface area contributed by atoms with E-state index in [9.17, 15) is 14.4 Å². The summed E-state index contributed by atoms with van der Waals surface area (Å²) >= 11 is 0. The van der Waals surface area contributed by atoms with Gasteiger partial charge in [0.05, 0.1) is 19.6 Å². The first-order chi connectivity index (χ1) is 12.3. The number of hydrogen-bond acceptors (Lipinski definition) is 5. The summed E-state index contributed by atoms with van der Waals surface area (Å²) in [5, 5.41) is 14.2. The number of carbonyl (C=O) groups is 3. The van der Waals surface area contributed by atoms with Crippen LogP contribution in [0.1, 0.15) is 20.3 Å². The minimum Gasteiger partial charge on any atom is -0.497 e. The lowest BCUT2D eigenvalue weighted by Crippen LogP contribution is -2.49. The third kappa shape index (κ3) is 4.72. The molecule has 8 heteroatoms. The molecule has 1 heterocycles. The normalized spacial score (nSPS) is 19.0. The molecule has 1 aromatic rings. The molecule has 0 saturated carbocycles. The number of anilines is 1. The van der Waals surface area contributed by atoms with E-state index in [1.807, 2.05) is 0 Å². The van der Waals surface area contributed by atoms with Crippen LogP contribution >= 0.6 is 0 Å². The van der Waals surface area contributed by atoms with Crippen molar-refractivity contribution in [1.29, 1.82) is 0 Å². The second kappa shape index (κ2) is 8.66. The number of benzene rings is 1. The van der Waals surface area contributed by atoms with E-state index < -0.39 is 12.0 Å². The minimum atomic E-state index is -0.748. The van der Waals surface area contributed by atoms with Crippen molar-refractivity contribution in [1.82, 2.24) is 10.6 Å². The van der Waals surface area contributed by atoms with Crippen molar-refractivity contribution in [2.24, 2.45) is 5.92 Å². The van der Waals surface area contributed by atoms with Gasteiger partial charge in [0.1, 0.15) is 11.8 Å². The lowest BCUT2D eigenvalue weighted by atomic mass is 10.1. The molecule has 0 radical (unpaired) electrons. The minimum absolute atomic E-state index is 0.0965. The number of methoxy groups -OCH3 is 1. The summed E-state index contributed by atoms with van der Waals surface area (Å²) in [6.45, 7) is 3.31. The molecule has 1 aliphatic heterocycles. The third-order valence-corrected chi connectivity index (χ3v) is 4.29. The van der Waals surface area contributed by atoms with Crippen molar-refractivity contribution in [3.63, 3.8) is 0 Å². The summed E-state index contributed by atoms with van der Waals surface area (Å²) < 4.78 is 5.10. The number of aliphatic hydroxyl groups is 1. The Balaban J connectivity index is 1.94. The van der Waals surface area contributed by atoms with Gasteiger partial charge in [-0.2, -0.15) is 0 Å². The predicted octanol–water partition coefficient (Wildman–Crippen LogP) is 0.0498. The molecule has 3 atom stereocenters. The van der Waals surface area contributed by atoms with Gasteiger partial charge in [-0.15, -0.1) is 0 Å². The number of nitrogens with zero attached hydrogens (tertiary/aromatic N) is 1. The smallest absolute Gasteiger partial charge is 0.242 e. The molecule has 0 spiro atoms. The summed E-state index contributed by atoms with van der Waals surface area (Å²) in [6.07, 6.45) is 0.0965. The quantitative estimate of drug-likeness (QED) is 0.634. The van der Waals surface area contributed by atoms with E-state index in [1.54, 1.807) is 50.1 Å². The van der Waals surface area contributed by atoms with Crippen molar-refractivity contribution in [2.45, 2.75) is 32.4 Å². The highest BCUT2D eigenvalue weighted by molar-refractivity contribution is 6.01. The molecule has 142 valence electrons. The van der Waals surface area contributed by atoms with Gasteiger partial charge >= 0.3 is 0 Å². The van der Waals surface area contributed by atoms with E-state index in [-0.39, 0.29) is 43.3 Å². The van der Waals surface area contributed by atoms with Crippen LogP contribution in [0.25, 0.3) is 0 Å². The summed E-state index contributed by atoms with van der Waals surface area (Å²) in [5.41, 5.74) is 0.702. The second-order valence-electron chi connectivity index (χ2n) is 6.43. The first-order valence-corrected chi connectivity index (χ1v) is 8.51. The summed E-state index contributed by atoms with van der Waals surface area (Å²) in [5.74, 6) is -0.687. The van der Waals surface area contributed by atoms with Gasteiger partial charge in [0.2, 0.25) is 17.7 Å². The standard InChI is InChI=1S/C18H25N3O5/c1-11(10-22)19-17(24)12(2)20-18(25)13-8-16(23)21(9-13)14-4-6-15(26-3)7-5-14/h4-7,11-13,22H,8-10H2,1-3H3,(H,19,24)(H,20,25)/t11-,12-,13-/m0/s1. The lowest BCUT2D eigenvalue weighted by molar-refractivity contribution is -0.131. The first kappa shape index (κ1) is 19.7. The Hall–Kier alpha value is -2.61. The van der Waals surface area contributed by atoms with Crippen molar-refractivity contribution >= 4 is 23.4 Å². The van der Waals surface area contributed by atoms with Crippen molar-refractivity contribution in [3.05, 3.63) is 24.3 Å². The monoisotopic (exact) mass is 363 g/mol. The van der Waals surface area contributed by atoms with Crippen molar-refractivity contribution < 1.29 is 24.2 Å². The fourth-order valence-electron chi connectivity index (χ4n) is 2.71. The third-order valence-electron chi connectivity index (χ3n) is 4.29. The Kier molecular flexibility index (Phi) is 6.57. The second-order valence-corrected chi connectivity index (χ2v) is 6.43. The number of rotatable bonds is 7. The molecule has 3 amide bonds. The van der Waals surface area contributed by atoms with Crippen LogP contribution in [0.4, 0.5) is 5.69 Å². The molecule has 0 aliphatic carbocycles. The van der Waals surface area contributed by atoms with E-state index in [4.69, 9.17) is 9.84 Å². The maximum absolute atomic E-state index is 12.4. The SMILES string of the molecule is COc1ccc(N2C[C@@H](C(=O)N[C@@H](C)C(=O)N[C@@H](C)CO)CC2=O)cc1. The lowest BCUT2D eigenvalue weighted by Gasteiger charge is -2.19. The highest BCUT2D eigenvalue weighted by Crippen LogP contribution is 2.26. The molecule has 3 N–H and O–H groups in total. The zero-order valence-electron chi connectivity index (χ0n) is 15.2. The van der Waals surface area contributed by atoms with Gasteiger partial charge in [0.25, 0.3) is 0 Å². The van der Waals surface area contributed by atoms with Gasteiger partial charge < -0.3 is 25.4 Å². The molecule has 1 saturated heterocycles. The highest BCUT2D eigenvalue weighted by Gasteiger charge is 2.36. The van der Waals surface area contributed by atoms with E-state index in [2.05, 4.69) is 10.6 Å². The van der Waals surface area contributed by atoms with Gasteiger partial charge in [-0.1, -0.05) is 0 Å². The van der Waals surface area contributed by atoms with Crippen LogP contribution in [0.5, 0.6) is 5.75 Å². The zero-order chi connectivity index (χ0) is 19.3. The number of carbonyl (C=O) groups excluding carboxylic acids is 3. The molecule has 0 bridgehead atoms. The Labute approximate surface area is 152 Å². The van der Waals surface area contributed by atoms with Crippen LogP contribution in [0.2, 0.25) is 0 Å². The molecule has 1 aromatic carbocycles. The van der Waals surface area contributed by atoms with Crippen LogP contribution in [-0.4, -0.2) is 55.2 Å². The van der Waals surface area contributed by atoms with Crippen LogP contribution in [0, 0.1) is 5.92 Å². The Morgan fingerprint density at radius 3 is 2.50 bits per heavy atom. The zero-order valence-corrected chi connectivity index (χ0v) is 15.2. The molecular weight excluding hydrogens is 338 g/mol. The van der Waals surface area contributed by atoms with E-state index in [1.165, 1.54) is 0 Å². The molecule has 2 rings (SSSR count). The predicted molar refractivity (Wildman–Crippen MR) is 95.7 cm³/mol. The van der Waals surface area contributed by atoms with Crippen LogP contribution in [-0.2, 0) is 14.4 Å². The Bertz CT molecular complexity index is 661. The summed E-state index contributed by atoms with van der Waals surface area (Å²) in [7, 11) is 1.56. The number of aliphatic hydroxyl groups excluding tert-OH is 1. The first-order valence-electron chi connectivity index (χ1n) is 8.51. The molecule has 0 aromatic heterocycles. The maximum atomic E-state index is 12.4. The van der Waals surface area contributed by atoms with Crippen LogP contribution in [0.3, 0.4) is 0 Å². The van der Waals surface area contributed by atoms with Crippen LogP contribution < -0.4 is 20.3 Å². The highest BCUT2D eigenvalue weighted by atomic mass is 16.5. The molecule has 0 unspecified atom stereocenters. The van der Waals surface area contributed by atoms with Gasteiger partial charge in [0, 0.05) is 24.7 Å². The Morgan fingerprint density at radius 1 is 1.27 bits per heavy atom. The summed E-state index contributed by atoms with van der Waals surface area (Å²) in [6, 6.07) is 5.91. The average molecular weight is 363 g/mol. The van der Waals surface area contributed by atoms with Crippen molar-refractivity contribution in [2.75, 3.05) is 25.2 Å². The van der Waals surface area contributed by atoms with E-state index >= 15 is 0 Å². The molecule has 1 fully saturated rings. The average Bonchev–Trinajstić information content (AvgIpc) is 3.03. The van der Waals surface area contributed by atoms with Gasteiger partial charge in [0.15, 0.2) is 0 Å². The number of ether oxygens (including phenoxy) is 1. The largest absolute Gasteiger partial charge is 0.497 e. The summed E-state index contributed by atoms with van der Waals surface area (Å²) in [4.78, 5) is 38.2. The molecule has 26 heavy (non-hydrogen) atoms. The Morgan fingerprint density at radius 2 is 1.92 bits per heavy atom. The van der Waals surface area contributed by atoms with Gasteiger partial charge in [-0.25, -0.2) is 0 Å². The van der Waals surface area contributed by atoms with Gasteiger partial charge in [-0.3, -0.25) is 14.4 Å². The van der Waals surface area contributed by atoms with Gasteiger partial charge in [-0.05, 0) is 38.1 Å². The fraction of sp³-hybridized carbons (Fsp3) is 0.500. The van der Waals surface area contributed by atoms with Crippen molar-refractivity contribution in [3.8, 4) is 5.75 Å². The number of amides is 3.